The van der Waals surface area contributed by atoms with Crippen LogP contribution < -0.4 is 11.1 Å². The zero-order chi connectivity index (χ0) is 24.5. The first kappa shape index (κ1) is 25.2. The van der Waals surface area contributed by atoms with Crippen LogP contribution in [0.5, 0.6) is 0 Å². The number of carbonyl (C=O) groups is 2. The number of rotatable bonds is 6. The summed E-state index contributed by atoms with van der Waals surface area (Å²) in [6, 6.07) is 8.01. The van der Waals surface area contributed by atoms with Crippen molar-refractivity contribution in [2.45, 2.75) is 44.4 Å². The molecule has 3 N–H and O–H groups in total. The number of amides is 2. The van der Waals surface area contributed by atoms with E-state index >= 15 is 0 Å². The molecule has 1 aromatic rings. The lowest BCUT2D eigenvalue weighted by Crippen LogP contribution is -2.42. The first-order valence-electron chi connectivity index (χ1n) is 11.8. The molecule has 8 nitrogen and oxygen atoms in total. The van der Waals surface area contributed by atoms with E-state index in [0.717, 1.165) is 56.8 Å². The fraction of sp³-hybridized carbons (Fsp3) is 0.462. The Morgan fingerprint density at radius 3 is 2.71 bits per heavy atom. The standard InChI is InChI=1S/C26H34N6O2/c1-31(2)18-24(33)32-15-11-19(12-16-32)21-9-10-23(22(17-21)20-7-4-3-5-8-20)30-26(34)25(28)29-14-6-13-27/h6-7,9-10,14,17,19H,3-5,8,11-12,15-16,18H2,1-2H3,(H2,28,29)(H,30,34)/b14-6+. The molecule has 1 heterocycles. The molecule has 0 radical (unpaired) electrons. The van der Waals surface area contributed by atoms with Gasteiger partial charge in [-0.25, -0.2) is 4.99 Å². The Morgan fingerprint density at radius 2 is 2.06 bits per heavy atom. The van der Waals surface area contributed by atoms with Gasteiger partial charge in [-0.2, -0.15) is 5.26 Å². The van der Waals surface area contributed by atoms with Crippen LogP contribution in [0.1, 0.15) is 55.6 Å². The summed E-state index contributed by atoms with van der Waals surface area (Å²) in [5, 5.41) is 11.5. The number of amidine groups is 1. The van der Waals surface area contributed by atoms with E-state index in [1.54, 1.807) is 0 Å². The smallest absolute Gasteiger partial charge is 0.290 e. The molecular weight excluding hydrogens is 428 g/mol. The van der Waals surface area contributed by atoms with Crippen molar-refractivity contribution in [3.63, 3.8) is 0 Å². The first-order valence-corrected chi connectivity index (χ1v) is 11.8. The topological polar surface area (TPSA) is 115 Å². The molecule has 1 aliphatic carbocycles. The van der Waals surface area contributed by atoms with Gasteiger partial charge in [0.1, 0.15) is 0 Å². The maximum absolute atomic E-state index is 12.6. The van der Waals surface area contributed by atoms with Crippen LogP contribution in [-0.2, 0) is 9.59 Å². The number of nitrogens with one attached hydrogen (secondary N) is 1. The third-order valence-electron chi connectivity index (χ3n) is 6.29. The quantitative estimate of drug-likeness (QED) is 0.383. The number of likely N-dealkylation sites (N-methyl/N-ethyl adjacent to an activating group) is 1. The molecular formula is C26H34N6O2. The van der Waals surface area contributed by atoms with Gasteiger partial charge in [-0.1, -0.05) is 12.1 Å². The summed E-state index contributed by atoms with van der Waals surface area (Å²) in [7, 11) is 3.82. The Bertz CT molecular complexity index is 1030. The Morgan fingerprint density at radius 1 is 1.29 bits per heavy atom. The number of anilines is 1. The second-order valence-corrected chi connectivity index (χ2v) is 9.09. The fourth-order valence-electron chi connectivity index (χ4n) is 4.50. The molecule has 0 saturated carbocycles. The molecule has 8 heteroatoms. The van der Waals surface area contributed by atoms with Crippen molar-refractivity contribution in [3.8, 4) is 6.07 Å². The fourth-order valence-corrected chi connectivity index (χ4v) is 4.50. The molecule has 1 saturated heterocycles. The third-order valence-corrected chi connectivity index (χ3v) is 6.29. The maximum Gasteiger partial charge on any atom is 0.290 e. The van der Waals surface area contributed by atoms with Crippen molar-refractivity contribution >= 4 is 28.9 Å². The number of hydrogen-bond acceptors (Lipinski definition) is 5. The molecule has 2 aliphatic rings. The van der Waals surface area contributed by atoms with Crippen LogP contribution in [0.25, 0.3) is 5.57 Å². The van der Waals surface area contributed by atoms with Gasteiger partial charge in [-0.3, -0.25) is 9.59 Å². The van der Waals surface area contributed by atoms with Gasteiger partial charge < -0.3 is 20.9 Å². The van der Waals surface area contributed by atoms with Crippen molar-refractivity contribution in [3.05, 3.63) is 47.7 Å². The third kappa shape index (κ3) is 6.78. The van der Waals surface area contributed by atoms with Gasteiger partial charge in [-0.15, -0.1) is 0 Å². The summed E-state index contributed by atoms with van der Waals surface area (Å²) in [6.45, 7) is 1.96. The van der Waals surface area contributed by atoms with Gasteiger partial charge >= 0.3 is 0 Å². The minimum Gasteiger partial charge on any atom is -0.379 e. The minimum atomic E-state index is -0.499. The van der Waals surface area contributed by atoms with Crippen molar-refractivity contribution in [1.29, 1.82) is 5.26 Å². The van der Waals surface area contributed by atoms with Gasteiger partial charge in [0.2, 0.25) is 5.91 Å². The molecule has 1 fully saturated rings. The lowest BCUT2D eigenvalue weighted by atomic mass is 9.85. The predicted molar refractivity (Wildman–Crippen MR) is 135 cm³/mol. The molecule has 0 unspecified atom stereocenters. The van der Waals surface area contributed by atoms with E-state index in [1.165, 1.54) is 23.8 Å². The molecule has 0 bridgehead atoms. The van der Waals surface area contributed by atoms with E-state index in [-0.39, 0.29) is 11.7 Å². The van der Waals surface area contributed by atoms with E-state index < -0.39 is 5.91 Å². The zero-order valence-corrected chi connectivity index (χ0v) is 20.1. The summed E-state index contributed by atoms with van der Waals surface area (Å²) in [6.07, 6.45) is 10.8. The van der Waals surface area contributed by atoms with Crippen LogP contribution in [0.4, 0.5) is 5.69 Å². The molecule has 1 aromatic carbocycles. The highest BCUT2D eigenvalue weighted by atomic mass is 16.2. The van der Waals surface area contributed by atoms with E-state index in [9.17, 15) is 9.59 Å². The highest BCUT2D eigenvalue weighted by molar-refractivity contribution is 6.41. The second-order valence-electron chi connectivity index (χ2n) is 9.09. The first-order chi connectivity index (χ1) is 16.4. The number of aliphatic imine (C=N–C) groups is 1. The highest BCUT2D eigenvalue weighted by Gasteiger charge is 2.25. The summed E-state index contributed by atoms with van der Waals surface area (Å²) in [5.74, 6) is -0.146. The SMILES string of the molecule is CN(C)CC(=O)N1CCC(c2ccc(NC(=O)C(N)=N/C=C/C#N)c(C3=CCCCC3)c2)CC1. The number of benzene rings is 1. The summed E-state index contributed by atoms with van der Waals surface area (Å²) in [4.78, 5) is 32.6. The van der Waals surface area contributed by atoms with Crippen LogP contribution in [0.3, 0.4) is 0 Å². The number of carbonyl (C=O) groups excluding carboxylic acids is 2. The summed E-state index contributed by atoms with van der Waals surface area (Å²) in [5.41, 5.74) is 9.98. The Labute approximate surface area is 201 Å². The van der Waals surface area contributed by atoms with Crippen LogP contribution in [0, 0.1) is 11.3 Å². The minimum absolute atomic E-state index is 0.179. The van der Waals surface area contributed by atoms with E-state index in [2.05, 4.69) is 28.5 Å². The molecule has 1 aliphatic heterocycles. The van der Waals surface area contributed by atoms with Crippen molar-refractivity contribution in [1.82, 2.24) is 9.80 Å². The number of nitriles is 1. The lowest BCUT2D eigenvalue weighted by molar-refractivity contribution is -0.132. The van der Waals surface area contributed by atoms with Crippen LogP contribution in [0.2, 0.25) is 0 Å². The second kappa shape index (κ2) is 12.1. The molecule has 34 heavy (non-hydrogen) atoms. The molecule has 0 atom stereocenters. The number of nitrogens with zero attached hydrogens (tertiary/aromatic N) is 4. The number of nitrogens with two attached hydrogens (primary N) is 1. The predicted octanol–water partition coefficient (Wildman–Crippen LogP) is 3.24. The average molecular weight is 463 g/mol. The van der Waals surface area contributed by atoms with Gasteiger partial charge in [0.25, 0.3) is 5.91 Å². The van der Waals surface area contributed by atoms with Gasteiger partial charge in [0.15, 0.2) is 5.84 Å². The van der Waals surface area contributed by atoms with Crippen LogP contribution >= 0.6 is 0 Å². The molecule has 3 rings (SSSR count). The Hall–Kier alpha value is -3.44. The van der Waals surface area contributed by atoms with E-state index in [0.29, 0.717) is 18.2 Å². The normalized spacial score (nSPS) is 17.5. The average Bonchev–Trinajstić information content (AvgIpc) is 2.84. The zero-order valence-electron chi connectivity index (χ0n) is 20.1. The number of likely N-dealkylation sites (tertiary alicyclic amines) is 1. The molecule has 2 amide bonds. The molecule has 0 spiro atoms. The number of hydrogen-bond donors (Lipinski definition) is 2. The Balaban J connectivity index is 1.78. The van der Waals surface area contributed by atoms with Crippen molar-refractivity contribution in [2.24, 2.45) is 10.7 Å². The Kier molecular flexibility index (Phi) is 9.00. The summed E-state index contributed by atoms with van der Waals surface area (Å²) >= 11 is 0. The summed E-state index contributed by atoms with van der Waals surface area (Å²) < 4.78 is 0. The van der Waals surface area contributed by atoms with E-state index in [4.69, 9.17) is 11.0 Å². The molecule has 180 valence electrons. The van der Waals surface area contributed by atoms with Crippen LogP contribution in [-0.4, -0.2) is 61.2 Å². The lowest BCUT2D eigenvalue weighted by Gasteiger charge is -2.33. The monoisotopic (exact) mass is 462 g/mol. The van der Waals surface area contributed by atoms with Crippen molar-refractivity contribution in [2.75, 3.05) is 39.0 Å². The van der Waals surface area contributed by atoms with Gasteiger partial charge in [0.05, 0.1) is 12.6 Å². The number of piperidine rings is 1. The maximum atomic E-state index is 12.6. The van der Waals surface area contributed by atoms with Crippen LogP contribution in [0.15, 0.2) is 41.5 Å². The van der Waals surface area contributed by atoms with Crippen molar-refractivity contribution < 1.29 is 9.59 Å². The molecule has 0 aromatic heterocycles. The largest absolute Gasteiger partial charge is 0.379 e. The van der Waals surface area contributed by atoms with Gasteiger partial charge in [0, 0.05) is 36.6 Å². The number of allylic oxidation sites excluding steroid dienone is 3. The van der Waals surface area contributed by atoms with Gasteiger partial charge in [-0.05, 0) is 81.8 Å². The highest BCUT2D eigenvalue weighted by Crippen LogP contribution is 2.36. The van der Waals surface area contributed by atoms with E-state index in [1.807, 2.05) is 36.0 Å².